The van der Waals surface area contributed by atoms with Crippen LogP contribution in [-0.4, -0.2) is 22.7 Å². The van der Waals surface area contributed by atoms with Crippen LogP contribution in [0.3, 0.4) is 0 Å². The Bertz CT molecular complexity index is 950. The number of hydrogen-bond donors (Lipinski definition) is 1. The van der Waals surface area contributed by atoms with Gasteiger partial charge in [-0.2, -0.15) is 0 Å². The molecule has 0 radical (unpaired) electrons. The van der Waals surface area contributed by atoms with E-state index in [1.165, 1.54) is 0 Å². The van der Waals surface area contributed by atoms with E-state index in [0.717, 1.165) is 27.7 Å². The number of hydrogen-bond acceptors (Lipinski definition) is 6. The first-order valence-corrected chi connectivity index (χ1v) is 9.41. The molecular weight excluding hydrogens is 362 g/mol. The van der Waals surface area contributed by atoms with Gasteiger partial charge in [0.25, 0.3) is 5.91 Å². The van der Waals surface area contributed by atoms with E-state index in [4.69, 9.17) is 9.47 Å². The van der Waals surface area contributed by atoms with E-state index in [9.17, 15) is 4.79 Å². The van der Waals surface area contributed by atoms with Gasteiger partial charge in [0.05, 0.1) is 6.20 Å². The highest BCUT2D eigenvalue weighted by Crippen LogP contribution is 2.32. The molecule has 0 aliphatic carbocycles. The van der Waals surface area contributed by atoms with Crippen LogP contribution in [0.4, 0.5) is 0 Å². The molecule has 0 fully saturated rings. The van der Waals surface area contributed by atoms with Crippen molar-refractivity contribution in [1.29, 1.82) is 0 Å². The Hall–Kier alpha value is -3.06. The molecule has 27 heavy (non-hydrogen) atoms. The van der Waals surface area contributed by atoms with Gasteiger partial charge in [0.15, 0.2) is 11.5 Å². The van der Waals surface area contributed by atoms with Crippen LogP contribution in [0.25, 0.3) is 0 Å². The zero-order chi connectivity index (χ0) is 18.5. The summed E-state index contributed by atoms with van der Waals surface area (Å²) in [6.45, 7) is 0.665. The molecule has 0 bridgehead atoms. The normalized spacial score (nSPS) is 12.0. The molecule has 1 aromatic heterocycles. The summed E-state index contributed by atoms with van der Waals surface area (Å²) in [5.41, 5.74) is 2.65. The van der Waals surface area contributed by atoms with Crippen molar-refractivity contribution < 1.29 is 14.3 Å². The molecule has 0 spiro atoms. The number of rotatable bonds is 6. The third-order valence-corrected chi connectivity index (χ3v) is 4.99. The maximum absolute atomic E-state index is 12.5. The van der Waals surface area contributed by atoms with Gasteiger partial charge in [0.2, 0.25) is 6.79 Å². The van der Waals surface area contributed by atoms with Crippen molar-refractivity contribution in [2.24, 2.45) is 0 Å². The topological polar surface area (TPSA) is 73.3 Å². The third kappa shape index (κ3) is 4.38. The highest BCUT2D eigenvalue weighted by molar-refractivity contribution is 7.98. The zero-order valence-corrected chi connectivity index (χ0v) is 15.2. The second-order valence-corrected chi connectivity index (χ2v) is 6.90. The Labute approximate surface area is 161 Å². The highest BCUT2D eigenvalue weighted by Gasteiger charge is 2.13. The van der Waals surface area contributed by atoms with Gasteiger partial charge in [-0.15, -0.1) is 11.8 Å². The fraction of sp³-hybridized carbons (Fsp3) is 0.150. The Morgan fingerprint density at radius 1 is 1.07 bits per heavy atom. The molecule has 0 unspecified atom stereocenters. The Morgan fingerprint density at radius 3 is 2.89 bits per heavy atom. The summed E-state index contributed by atoms with van der Waals surface area (Å²) < 4.78 is 10.7. The van der Waals surface area contributed by atoms with Crippen LogP contribution < -0.4 is 14.8 Å². The summed E-state index contributed by atoms with van der Waals surface area (Å²) in [5.74, 6) is 2.06. The number of thioether (sulfide) groups is 1. The molecule has 7 heteroatoms. The Morgan fingerprint density at radius 2 is 2.00 bits per heavy atom. The molecule has 0 saturated heterocycles. The summed E-state index contributed by atoms with van der Waals surface area (Å²) in [6.07, 6.45) is 5.05. The second kappa shape index (κ2) is 8.09. The number of amides is 1. The van der Waals surface area contributed by atoms with Crippen molar-refractivity contribution in [2.45, 2.75) is 17.3 Å². The average molecular weight is 379 g/mol. The van der Waals surface area contributed by atoms with Crippen LogP contribution in [0.1, 0.15) is 21.5 Å². The van der Waals surface area contributed by atoms with Crippen LogP contribution in [0.5, 0.6) is 11.5 Å². The van der Waals surface area contributed by atoms with E-state index in [-0.39, 0.29) is 12.7 Å². The Balaban J connectivity index is 1.36. The number of carbonyl (C=O) groups excluding carboxylic acids is 1. The number of carbonyl (C=O) groups is 1. The van der Waals surface area contributed by atoms with E-state index >= 15 is 0 Å². The predicted molar refractivity (Wildman–Crippen MR) is 102 cm³/mol. The number of fused-ring (bicyclic) bond motifs is 1. The molecule has 0 saturated carbocycles. The lowest BCUT2D eigenvalue weighted by Gasteiger charge is -2.08. The summed E-state index contributed by atoms with van der Waals surface area (Å²) in [6, 6.07) is 13.3. The van der Waals surface area contributed by atoms with Gasteiger partial charge in [-0.25, -0.2) is 4.98 Å². The molecule has 3 aromatic rings. The molecule has 1 N–H and O–H groups in total. The van der Waals surface area contributed by atoms with Gasteiger partial charge in [-0.05, 0) is 35.4 Å². The fourth-order valence-corrected chi connectivity index (χ4v) is 3.42. The van der Waals surface area contributed by atoms with Gasteiger partial charge in [0.1, 0.15) is 5.03 Å². The van der Waals surface area contributed by atoms with Crippen LogP contribution in [0, 0.1) is 0 Å². The quantitative estimate of drug-likeness (QED) is 0.662. The molecule has 1 aliphatic heterocycles. The summed E-state index contributed by atoms with van der Waals surface area (Å²) in [4.78, 5) is 20.8. The van der Waals surface area contributed by atoms with E-state index in [2.05, 4.69) is 15.3 Å². The summed E-state index contributed by atoms with van der Waals surface area (Å²) in [5, 5.41) is 3.80. The van der Waals surface area contributed by atoms with Crippen molar-refractivity contribution in [3.8, 4) is 11.5 Å². The first-order valence-electron chi connectivity index (χ1n) is 8.42. The number of benzene rings is 2. The van der Waals surface area contributed by atoms with Gasteiger partial charge in [-0.1, -0.05) is 18.2 Å². The minimum Gasteiger partial charge on any atom is -0.454 e. The van der Waals surface area contributed by atoms with Gasteiger partial charge in [-0.3, -0.25) is 9.78 Å². The van der Waals surface area contributed by atoms with Crippen molar-refractivity contribution in [2.75, 3.05) is 6.79 Å². The molecule has 2 heterocycles. The van der Waals surface area contributed by atoms with Gasteiger partial charge < -0.3 is 14.8 Å². The molecule has 136 valence electrons. The smallest absolute Gasteiger partial charge is 0.251 e. The maximum atomic E-state index is 12.5. The number of aromatic nitrogens is 2. The lowest BCUT2D eigenvalue weighted by atomic mass is 10.1. The van der Waals surface area contributed by atoms with E-state index in [1.807, 2.05) is 42.5 Å². The van der Waals surface area contributed by atoms with Crippen molar-refractivity contribution in [3.63, 3.8) is 0 Å². The minimum atomic E-state index is -0.112. The van der Waals surface area contributed by atoms with Crippen LogP contribution in [0.2, 0.25) is 0 Å². The first kappa shape index (κ1) is 17.4. The standard InChI is InChI=1S/C20H17N3O3S/c24-20(23-10-14-4-5-17-18(9-14)26-13-25-17)16-3-1-2-15(8-16)12-27-19-11-21-6-7-22-19/h1-9,11H,10,12-13H2,(H,23,24). The van der Waals surface area contributed by atoms with E-state index in [0.29, 0.717) is 17.9 Å². The molecule has 6 nitrogen and oxygen atoms in total. The van der Waals surface area contributed by atoms with Gasteiger partial charge in [0, 0.05) is 30.3 Å². The fourth-order valence-electron chi connectivity index (χ4n) is 2.65. The molecule has 2 aromatic carbocycles. The molecule has 1 aliphatic rings. The average Bonchev–Trinajstić information content (AvgIpc) is 3.19. The summed E-state index contributed by atoms with van der Waals surface area (Å²) >= 11 is 1.58. The molecule has 0 atom stereocenters. The third-order valence-electron chi connectivity index (χ3n) is 4.01. The Kier molecular flexibility index (Phi) is 5.20. The highest BCUT2D eigenvalue weighted by atomic mass is 32.2. The SMILES string of the molecule is O=C(NCc1ccc2c(c1)OCO2)c1cccc(CSc2cnccn2)c1. The molecule has 1 amide bonds. The maximum Gasteiger partial charge on any atom is 0.251 e. The monoisotopic (exact) mass is 379 g/mol. The van der Waals surface area contributed by atoms with Crippen molar-refractivity contribution >= 4 is 17.7 Å². The van der Waals surface area contributed by atoms with E-state index in [1.54, 1.807) is 30.4 Å². The molecular formula is C20H17N3O3S. The summed E-state index contributed by atoms with van der Waals surface area (Å²) in [7, 11) is 0. The lowest BCUT2D eigenvalue weighted by Crippen LogP contribution is -2.22. The van der Waals surface area contributed by atoms with Gasteiger partial charge >= 0.3 is 0 Å². The van der Waals surface area contributed by atoms with Crippen LogP contribution in [0.15, 0.2) is 66.1 Å². The number of nitrogens with one attached hydrogen (secondary N) is 1. The largest absolute Gasteiger partial charge is 0.454 e. The van der Waals surface area contributed by atoms with Crippen LogP contribution in [-0.2, 0) is 12.3 Å². The minimum absolute atomic E-state index is 0.112. The van der Waals surface area contributed by atoms with Crippen molar-refractivity contribution in [3.05, 3.63) is 77.7 Å². The van der Waals surface area contributed by atoms with E-state index < -0.39 is 0 Å². The number of nitrogens with zero attached hydrogens (tertiary/aromatic N) is 2. The lowest BCUT2D eigenvalue weighted by molar-refractivity contribution is 0.0950. The zero-order valence-electron chi connectivity index (χ0n) is 14.4. The second-order valence-electron chi connectivity index (χ2n) is 5.90. The van der Waals surface area contributed by atoms with Crippen molar-refractivity contribution in [1.82, 2.24) is 15.3 Å². The number of ether oxygens (including phenoxy) is 2. The van der Waals surface area contributed by atoms with Crippen LogP contribution >= 0.6 is 11.8 Å². The first-order chi connectivity index (χ1) is 13.3. The predicted octanol–water partition coefficient (Wildman–Crippen LogP) is 3.43. The molecule has 4 rings (SSSR count).